The van der Waals surface area contributed by atoms with E-state index in [2.05, 4.69) is 32.1 Å². The van der Waals surface area contributed by atoms with Crippen LogP contribution in [0.4, 0.5) is 0 Å². The Kier molecular flexibility index (Phi) is 1.70. The zero-order chi connectivity index (χ0) is 9.38. The molecule has 0 unspecified atom stereocenters. The molecule has 0 atom stereocenters. The number of hydrogen-bond acceptors (Lipinski definition) is 5. The van der Waals surface area contributed by atoms with Crippen molar-refractivity contribution in [1.82, 2.24) is 20.9 Å². The highest BCUT2D eigenvalue weighted by Gasteiger charge is 2.21. The highest BCUT2D eigenvalue weighted by molar-refractivity contribution is 5.62. The molecule has 1 fully saturated rings. The Hall–Kier alpha value is -1.49. The van der Waals surface area contributed by atoms with Crippen LogP contribution in [0.2, 0.25) is 0 Å². The molecule has 0 aliphatic carbocycles. The summed E-state index contributed by atoms with van der Waals surface area (Å²) >= 11 is 0. The highest BCUT2D eigenvalue weighted by Crippen LogP contribution is 2.19. The smallest absolute Gasteiger partial charge is 0.110 e. The Morgan fingerprint density at radius 2 is 2.14 bits per heavy atom. The van der Waals surface area contributed by atoms with E-state index in [0.717, 1.165) is 24.5 Å². The lowest BCUT2D eigenvalue weighted by atomic mass is 10.3. The van der Waals surface area contributed by atoms with Crippen LogP contribution < -0.4 is 10.9 Å². The molecule has 3 heterocycles. The minimum absolute atomic E-state index is 0.973. The summed E-state index contributed by atoms with van der Waals surface area (Å²) in [5.74, 6) is 0. The SMILES string of the molecule is C1=NC2=CNNC2=CN1N1CCCC1. The van der Waals surface area contributed by atoms with Crippen LogP contribution in [-0.2, 0) is 0 Å². The first-order valence-electron chi connectivity index (χ1n) is 4.95. The zero-order valence-corrected chi connectivity index (χ0v) is 7.90. The minimum Gasteiger partial charge on any atom is -0.306 e. The standard InChI is InChI=1S/C9H13N5/c1-2-4-13(3-1)14-6-9-8(10-7-14)5-11-12-9/h5-7,11-12H,1-4H2. The first kappa shape index (κ1) is 7.87. The predicted molar refractivity (Wildman–Crippen MR) is 53.6 cm³/mol. The van der Waals surface area contributed by atoms with Gasteiger partial charge in [-0.3, -0.25) is 10.4 Å². The molecule has 3 aliphatic rings. The largest absolute Gasteiger partial charge is 0.306 e. The average molecular weight is 191 g/mol. The number of fused-ring (bicyclic) bond motifs is 1. The third-order valence-corrected chi connectivity index (χ3v) is 2.68. The second kappa shape index (κ2) is 3.02. The van der Waals surface area contributed by atoms with Gasteiger partial charge in [-0.25, -0.2) is 10.0 Å². The van der Waals surface area contributed by atoms with Crippen molar-refractivity contribution in [2.45, 2.75) is 12.8 Å². The molecule has 0 amide bonds. The average Bonchev–Trinajstić information content (AvgIpc) is 2.88. The number of rotatable bonds is 1. The summed E-state index contributed by atoms with van der Waals surface area (Å²) in [5, 5.41) is 4.37. The van der Waals surface area contributed by atoms with Gasteiger partial charge in [-0.15, -0.1) is 0 Å². The van der Waals surface area contributed by atoms with Crippen molar-refractivity contribution in [2.24, 2.45) is 4.99 Å². The highest BCUT2D eigenvalue weighted by atomic mass is 15.6. The molecule has 5 heteroatoms. The van der Waals surface area contributed by atoms with Gasteiger partial charge < -0.3 is 5.43 Å². The molecule has 0 aromatic rings. The topological polar surface area (TPSA) is 42.9 Å². The molecule has 0 aromatic heterocycles. The molecule has 0 spiro atoms. The number of aliphatic imine (C=N–C) groups is 1. The van der Waals surface area contributed by atoms with Crippen LogP contribution in [0.25, 0.3) is 0 Å². The van der Waals surface area contributed by atoms with Crippen molar-refractivity contribution >= 4 is 6.34 Å². The van der Waals surface area contributed by atoms with E-state index in [-0.39, 0.29) is 0 Å². The summed E-state index contributed by atoms with van der Waals surface area (Å²) in [5.41, 5.74) is 8.00. The molecule has 1 saturated heterocycles. The normalized spacial score (nSPS) is 25.3. The van der Waals surface area contributed by atoms with Crippen LogP contribution >= 0.6 is 0 Å². The van der Waals surface area contributed by atoms with Crippen LogP contribution in [0.15, 0.2) is 28.8 Å². The van der Waals surface area contributed by atoms with E-state index in [1.165, 1.54) is 12.8 Å². The van der Waals surface area contributed by atoms with Crippen LogP contribution in [-0.4, -0.2) is 29.4 Å². The van der Waals surface area contributed by atoms with Gasteiger partial charge in [0.2, 0.25) is 0 Å². The third kappa shape index (κ3) is 1.17. The Morgan fingerprint density at radius 3 is 3.00 bits per heavy atom. The van der Waals surface area contributed by atoms with Crippen LogP contribution in [0.1, 0.15) is 12.8 Å². The van der Waals surface area contributed by atoms with E-state index in [0.29, 0.717) is 0 Å². The first-order chi connectivity index (χ1) is 6.93. The van der Waals surface area contributed by atoms with Crippen molar-refractivity contribution in [3.63, 3.8) is 0 Å². The van der Waals surface area contributed by atoms with Gasteiger partial charge in [0, 0.05) is 19.3 Å². The van der Waals surface area contributed by atoms with Gasteiger partial charge >= 0.3 is 0 Å². The summed E-state index contributed by atoms with van der Waals surface area (Å²) in [6.07, 6.45) is 8.37. The van der Waals surface area contributed by atoms with Crippen molar-refractivity contribution in [1.29, 1.82) is 0 Å². The van der Waals surface area contributed by atoms with Crippen molar-refractivity contribution in [3.8, 4) is 0 Å². The van der Waals surface area contributed by atoms with Gasteiger partial charge in [-0.1, -0.05) is 0 Å². The Labute approximate surface area is 82.7 Å². The molecule has 0 aromatic carbocycles. The summed E-state index contributed by atoms with van der Waals surface area (Å²) < 4.78 is 0. The maximum atomic E-state index is 4.34. The fourth-order valence-electron chi connectivity index (χ4n) is 1.90. The number of hydrogen-bond donors (Lipinski definition) is 2. The first-order valence-corrected chi connectivity index (χ1v) is 4.95. The maximum absolute atomic E-state index is 4.34. The molecule has 0 bridgehead atoms. The van der Waals surface area contributed by atoms with E-state index in [1.807, 2.05) is 12.5 Å². The summed E-state index contributed by atoms with van der Waals surface area (Å²) in [6, 6.07) is 0. The van der Waals surface area contributed by atoms with Crippen molar-refractivity contribution in [3.05, 3.63) is 23.8 Å². The van der Waals surface area contributed by atoms with E-state index in [4.69, 9.17) is 0 Å². The molecule has 74 valence electrons. The van der Waals surface area contributed by atoms with E-state index in [1.54, 1.807) is 0 Å². The molecule has 0 radical (unpaired) electrons. The van der Waals surface area contributed by atoms with Crippen LogP contribution in [0.3, 0.4) is 0 Å². The second-order valence-electron chi connectivity index (χ2n) is 3.63. The van der Waals surface area contributed by atoms with Crippen LogP contribution in [0, 0.1) is 0 Å². The number of nitrogens with one attached hydrogen (secondary N) is 2. The van der Waals surface area contributed by atoms with Gasteiger partial charge in [0.1, 0.15) is 12.0 Å². The van der Waals surface area contributed by atoms with Gasteiger partial charge in [0.05, 0.1) is 11.9 Å². The van der Waals surface area contributed by atoms with E-state index >= 15 is 0 Å². The Morgan fingerprint density at radius 1 is 1.29 bits per heavy atom. The molecular formula is C9H13N5. The summed E-state index contributed by atoms with van der Waals surface area (Å²) in [6.45, 7) is 2.25. The lowest BCUT2D eigenvalue weighted by Crippen LogP contribution is -2.38. The Bertz CT molecular complexity index is 324. The fourth-order valence-corrected chi connectivity index (χ4v) is 1.90. The molecule has 3 aliphatic heterocycles. The van der Waals surface area contributed by atoms with Gasteiger partial charge in [0.15, 0.2) is 0 Å². The molecule has 3 rings (SSSR count). The Balaban J connectivity index is 1.80. The lowest BCUT2D eigenvalue weighted by molar-refractivity contribution is 0.130. The number of hydrazine groups is 2. The summed E-state index contributed by atoms with van der Waals surface area (Å²) in [7, 11) is 0. The van der Waals surface area contributed by atoms with Crippen molar-refractivity contribution in [2.75, 3.05) is 13.1 Å². The molecular weight excluding hydrogens is 178 g/mol. The maximum Gasteiger partial charge on any atom is 0.110 e. The van der Waals surface area contributed by atoms with Crippen molar-refractivity contribution < 1.29 is 0 Å². The minimum atomic E-state index is 0.973. The number of nitrogens with zero attached hydrogens (tertiary/aromatic N) is 3. The quantitative estimate of drug-likeness (QED) is 0.618. The predicted octanol–water partition coefficient (Wildman–Crippen LogP) is 0.132. The van der Waals surface area contributed by atoms with Crippen LogP contribution in [0.5, 0.6) is 0 Å². The third-order valence-electron chi connectivity index (χ3n) is 2.68. The zero-order valence-electron chi connectivity index (χ0n) is 7.90. The fraction of sp³-hybridized carbons (Fsp3) is 0.444. The van der Waals surface area contributed by atoms with E-state index in [9.17, 15) is 0 Å². The van der Waals surface area contributed by atoms with Gasteiger partial charge in [-0.05, 0) is 12.8 Å². The van der Waals surface area contributed by atoms with E-state index < -0.39 is 0 Å². The lowest BCUT2D eigenvalue weighted by Gasteiger charge is -2.28. The monoisotopic (exact) mass is 191 g/mol. The van der Waals surface area contributed by atoms with Gasteiger partial charge in [0.25, 0.3) is 0 Å². The molecule has 0 saturated carbocycles. The summed E-state index contributed by atoms with van der Waals surface area (Å²) in [4.78, 5) is 4.34. The molecule has 5 nitrogen and oxygen atoms in total. The van der Waals surface area contributed by atoms with Gasteiger partial charge in [-0.2, -0.15) is 0 Å². The molecule has 2 N–H and O–H groups in total. The second-order valence-corrected chi connectivity index (χ2v) is 3.63. The molecule has 14 heavy (non-hydrogen) atoms.